The quantitative estimate of drug-likeness (QED) is 0.657. The molecule has 72 valence electrons. The van der Waals surface area contributed by atoms with Crippen molar-refractivity contribution in [2.45, 2.75) is 12.5 Å². The molecule has 1 aromatic carbocycles. The Kier molecular flexibility index (Phi) is 3.27. The summed E-state index contributed by atoms with van der Waals surface area (Å²) >= 11 is 0. The predicted molar refractivity (Wildman–Crippen MR) is 55.3 cm³/mol. The van der Waals surface area contributed by atoms with E-state index in [1.54, 1.807) is 0 Å². The van der Waals surface area contributed by atoms with Crippen molar-refractivity contribution in [1.82, 2.24) is 0 Å². The van der Waals surface area contributed by atoms with Crippen molar-refractivity contribution in [3.8, 4) is 12.3 Å². The van der Waals surface area contributed by atoms with E-state index < -0.39 is 11.9 Å². The number of amides is 1. The van der Waals surface area contributed by atoms with Crippen LogP contribution in [0.4, 0.5) is 0 Å². The number of carbonyl (C=O) groups excluding carboxylic acids is 1. The lowest BCUT2D eigenvalue weighted by Crippen LogP contribution is -2.38. The van der Waals surface area contributed by atoms with Gasteiger partial charge in [0.1, 0.15) is 0 Å². The van der Waals surface area contributed by atoms with E-state index in [0.717, 1.165) is 11.1 Å². The molecule has 0 aliphatic carbocycles. The van der Waals surface area contributed by atoms with E-state index in [0.29, 0.717) is 6.42 Å². The van der Waals surface area contributed by atoms with Crippen molar-refractivity contribution < 1.29 is 4.79 Å². The van der Waals surface area contributed by atoms with E-state index in [1.165, 1.54) is 0 Å². The van der Waals surface area contributed by atoms with Gasteiger partial charge in [0.05, 0.1) is 6.04 Å². The van der Waals surface area contributed by atoms with Gasteiger partial charge in [0.2, 0.25) is 5.91 Å². The molecule has 14 heavy (non-hydrogen) atoms. The molecule has 0 bridgehead atoms. The van der Waals surface area contributed by atoms with Gasteiger partial charge in [-0.25, -0.2) is 0 Å². The Morgan fingerprint density at radius 3 is 2.86 bits per heavy atom. The highest BCUT2D eigenvalue weighted by Gasteiger charge is 2.09. The summed E-state index contributed by atoms with van der Waals surface area (Å²) in [5.41, 5.74) is 12.3. The Morgan fingerprint density at radius 2 is 2.29 bits per heavy atom. The van der Waals surface area contributed by atoms with Crippen LogP contribution in [-0.4, -0.2) is 11.9 Å². The van der Waals surface area contributed by atoms with E-state index in [-0.39, 0.29) is 0 Å². The van der Waals surface area contributed by atoms with E-state index in [4.69, 9.17) is 17.9 Å². The average molecular weight is 188 g/mol. The van der Waals surface area contributed by atoms with E-state index in [1.807, 2.05) is 24.3 Å². The minimum absolute atomic E-state index is 0.421. The molecule has 3 heteroatoms. The van der Waals surface area contributed by atoms with Crippen LogP contribution in [0.2, 0.25) is 0 Å². The van der Waals surface area contributed by atoms with Crippen LogP contribution >= 0.6 is 0 Å². The van der Waals surface area contributed by atoms with Gasteiger partial charge in [-0.05, 0) is 24.1 Å². The van der Waals surface area contributed by atoms with E-state index in [9.17, 15) is 4.79 Å². The Morgan fingerprint density at radius 1 is 1.57 bits per heavy atom. The van der Waals surface area contributed by atoms with E-state index in [2.05, 4.69) is 5.92 Å². The number of rotatable bonds is 3. The maximum absolute atomic E-state index is 10.7. The summed E-state index contributed by atoms with van der Waals surface area (Å²) in [6, 6.07) is 6.69. The Hall–Kier alpha value is -1.79. The molecule has 4 N–H and O–H groups in total. The molecule has 0 aliphatic rings. The molecule has 0 fully saturated rings. The molecule has 0 saturated carbocycles. The molecule has 0 spiro atoms. The fourth-order valence-electron chi connectivity index (χ4n) is 1.14. The van der Waals surface area contributed by atoms with Crippen LogP contribution < -0.4 is 11.5 Å². The topological polar surface area (TPSA) is 69.1 Å². The van der Waals surface area contributed by atoms with Crippen LogP contribution in [0.5, 0.6) is 0 Å². The molecule has 3 nitrogen and oxygen atoms in total. The number of carbonyl (C=O) groups is 1. The molecule has 0 aromatic heterocycles. The first-order chi connectivity index (χ1) is 6.63. The van der Waals surface area contributed by atoms with Gasteiger partial charge in [-0.2, -0.15) is 0 Å². The highest BCUT2D eigenvalue weighted by atomic mass is 16.1. The van der Waals surface area contributed by atoms with Crippen molar-refractivity contribution in [3.63, 3.8) is 0 Å². The summed E-state index contributed by atoms with van der Waals surface area (Å²) in [5, 5.41) is 0. The van der Waals surface area contributed by atoms with Crippen LogP contribution in [0.25, 0.3) is 0 Å². The molecule has 1 aromatic rings. The first-order valence-corrected chi connectivity index (χ1v) is 4.24. The van der Waals surface area contributed by atoms with Gasteiger partial charge in [0.15, 0.2) is 0 Å². The SMILES string of the molecule is C#Cc1cccc(CC(N)C(N)=O)c1. The molecule has 1 unspecified atom stereocenters. The van der Waals surface area contributed by atoms with Gasteiger partial charge in [-0.1, -0.05) is 18.1 Å². The number of hydrogen-bond acceptors (Lipinski definition) is 2. The lowest BCUT2D eigenvalue weighted by molar-refractivity contribution is -0.119. The van der Waals surface area contributed by atoms with Crippen molar-refractivity contribution in [1.29, 1.82) is 0 Å². The van der Waals surface area contributed by atoms with Crippen LogP contribution in [0, 0.1) is 12.3 Å². The van der Waals surface area contributed by atoms with Crippen LogP contribution in [0.15, 0.2) is 24.3 Å². The number of nitrogens with two attached hydrogens (primary N) is 2. The second kappa shape index (κ2) is 4.45. The van der Waals surface area contributed by atoms with Crippen molar-refractivity contribution >= 4 is 5.91 Å². The normalized spacial score (nSPS) is 11.7. The minimum atomic E-state index is -0.650. The molecular formula is C11H12N2O. The summed E-state index contributed by atoms with van der Waals surface area (Å²) in [4.78, 5) is 10.7. The van der Waals surface area contributed by atoms with Gasteiger partial charge in [-0.15, -0.1) is 6.42 Å². The molecule has 1 atom stereocenters. The van der Waals surface area contributed by atoms with Crippen molar-refractivity contribution in [3.05, 3.63) is 35.4 Å². The third-order valence-corrected chi connectivity index (χ3v) is 1.91. The van der Waals surface area contributed by atoms with E-state index >= 15 is 0 Å². The number of hydrogen-bond donors (Lipinski definition) is 2. The lowest BCUT2D eigenvalue weighted by atomic mass is 10.0. The standard InChI is InChI=1S/C11H12N2O/c1-2-8-4-3-5-9(6-8)7-10(12)11(13)14/h1,3-6,10H,7,12H2,(H2,13,14). The highest BCUT2D eigenvalue weighted by Crippen LogP contribution is 2.05. The number of benzene rings is 1. The second-order valence-electron chi connectivity index (χ2n) is 3.06. The van der Waals surface area contributed by atoms with Crippen molar-refractivity contribution in [2.24, 2.45) is 11.5 Å². The Labute approximate surface area is 83.1 Å². The van der Waals surface area contributed by atoms with Gasteiger partial charge >= 0.3 is 0 Å². The zero-order valence-electron chi connectivity index (χ0n) is 7.73. The van der Waals surface area contributed by atoms with Gasteiger partial charge < -0.3 is 11.5 Å². The molecule has 0 aliphatic heterocycles. The van der Waals surface area contributed by atoms with Gasteiger partial charge in [-0.3, -0.25) is 4.79 Å². The van der Waals surface area contributed by atoms with Crippen LogP contribution in [-0.2, 0) is 11.2 Å². The van der Waals surface area contributed by atoms with Crippen LogP contribution in [0.1, 0.15) is 11.1 Å². The summed E-state index contributed by atoms with van der Waals surface area (Å²) < 4.78 is 0. The second-order valence-corrected chi connectivity index (χ2v) is 3.06. The lowest BCUT2D eigenvalue weighted by Gasteiger charge is -2.07. The minimum Gasteiger partial charge on any atom is -0.368 e. The monoisotopic (exact) mass is 188 g/mol. The Balaban J connectivity index is 2.78. The Bertz CT molecular complexity index is 379. The first-order valence-electron chi connectivity index (χ1n) is 4.24. The summed E-state index contributed by atoms with van der Waals surface area (Å²) in [7, 11) is 0. The molecule has 0 heterocycles. The van der Waals surface area contributed by atoms with Gasteiger partial charge in [0, 0.05) is 5.56 Å². The maximum atomic E-state index is 10.7. The molecule has 1 amide bonds. The fourth-order valence-corrected chi connectivity index (χ4v) is 1.14. The summed E-state index contributed by atoms with van der Waals surface area (Å²) in [6.45, 7) is 0. The fraction of sp³-hybridized carbons (Fsp3) is 0.182. The molecule has 0 saturated heterocycles. The maximum Gasteiger partial charge on any atom is 0.234 e. The number of terminal acetylenes is 1. The van der Waals surface area contributed by atoms with Crippen molar-refractivity contribution in [2.75, 3.05) is 0 Å². The number of primary amides is 1. The average Bonchev–Trinajstić information content (AvgIpc) is 2.18. The molecular weight excluding hydrogens is 176 g/mol. The first kappa shape index (κ1) is 10.3. The smallest absolute Gasteiger partial charge is 0.234 e. The summed E-state index contributed by atoms with van der Waals surface area (Å²) in [6.07, 6.45) is 5.66. The third kappa shape index (κ3) is 2.61. The zero-order valence-corrected chi connectivity index (χ0v) is 7.73. The predicted octanol–water partition coefficient (Wildman–Crippen LogP) is 0.0230. The summed E-state index contributed by atoms with van der Waals surface area (Å²) in [5.74, 6) is 2.01. The molecule has 1 rings (SSSR count). The zero-order chi connectivity index (χ0) is 10.6. The third-order valence-electron chi connectivity index (χ3n) is 1.91. The largest absolute Gasteiger partial charge is 0.368 e. The van der Waals surface area contributed by atoms with Gasteiger partial charge in [0.25, 0.3) is 0 Å². The highest BCUT2D eigenvalue weighted by molar-refractivity contribution is 5.79. The molecule has 0 radical (unpaired) electrons. The van der Waals surface area contributed by atoms with Crippen LogP contribution in [0.3, 0.4) is 0 Å².